The normalized spacial score (nSPS) is 27.1. The molecule has 2 atom stereocenters. The van der Waals surface area contributed by atoms with E-state index in [-0.39, 0.29) is 24.3 Å². The van der Waals surface area contributed by atoms with Crippen LogP contribution in [0.15, 0.2) is 12.1 Å². The van der Waals surface area contributed by atoms with E-state index in [0.29, 0.717) is 22.3 Å². The second kappa shape index (κ2) is 4.87. The molecule has 1 spiro atoms. The summed E-state index contributed by atoms with van der Waals surface area (Å²) in [6.07, 6.45) is 0. The van der Waals surface area contributed by atoms with Crippen LogP contribution in [-0.4, -0.2) is 41.5 Å². The summed E-state index contributed by atoms with van der Waals surface area (Å²) in [6, 6.07) is 3.33. The second-order valence-electron chi connectivity index (χ2n) is 5.57. The van der Waals surface area contributed by atoms with Crippen LogP contribution in [0.5, 0.6) is 0 Å². The molecule has 0 aliphatic carbocycles. The average molecular weight is 329 g/mol. The van der Waals surface area contributed by atoms with Gasteiger partial charge in [0.05, 0.1) is 15.5 Å². The number of halogens is 2. The summed E-state index contributed by atoms with van der Waals surface area (Å²) in [6.45, 7) is 2.03. The van der Waals surface area contributed by atoms with E-state index in [4.69, 9.17) is 28.3 Å². The fraction of sp³-hybridized carbons (Fsp3) is 0.429. The largest absolute Gasteiger partial charge is 0.387 e. The van der Waals surface area contributed by atoms with E-state index < -0.39 is 12.0 Å². The fourth-order valence-corrected chi connectivity index (χ4v) is 3.65. The summed E-state index contributed by atoms with van der Waals surface area (Å²) < 4.78 is 0. The van der Waals surface area contributed by atoms with Gasteiger partial charge in [-0.3, -0.25) is 9.59 Å². The molecule has 21 heavy (non-hydrogen) atoms. The van der Waals surface area contributed by atoms with Crippen molar-refractivity contribution in [1.82, 2.24) is 4.90 Å². The van der Waals surface area contributed by atoms with Crippen LogP contribution >= 0.6 is 23.2 Å². The predicted octanol–water partition coefficient (Wildman–Crippen LogP) is 1.65. The Morgan fingerprint density at radius 3 is 2.81 bits per heavy atom. The predicted molar refractivity (Wildman–Crippen MR) is 79.6 cm³/mol. The molecule has 2 heterocycles. The first kappa shape index (κ1) is 14.6. The van der Waals surface area contributed by atoms with Gasteiger partial charge >= 0.3 is 0 Å². The molecule has 2 aliphatic heterocycles. The molecule has 1 aromatic rings. The quantitative estimate of drug-likeness (QED) is 0.823. The lowest BCUT2D eigenvalue weighted by molar-refractivity contribution is -0.133. The molecule has 1 unspecified atom stereocenters. The highest BCUT2D eigenvalue weighted by Gasteiger charge is 2.56. The number of hydrogen-bond acceptors (Lipinski definition) is 3. The number of aliphatic hydroxyl groups excluding tert-OH is 1. The number of fused-ring (bicyclic) bond motifs is 2. The lowest BCUT2D eigenvalue weighted by Gasteiger charge is -2.26. The van der Waals surface area contributed by atoms with Crippen molar-refractivity contribution in [1.29, 1.82) is 0 Å². The van der Waals surface area contributed by atoms with Crippen LogP contribution in [0, 0.1) is 5.92 Å². The van der Waals surface area contributed by atoms with Crippen LogP contribution in [-0.2, 0) is 15.0 Å². The van der Waals surface area contributed by atoms with Crippen molar-refractivity contribution < 1.29 is 14.7 Å². The Morgan fingerprint density at radius 1 is 1.48 bits per heavy atom. The molecule has 1 fully saturated rings. The summed E-state index contributed by atoms with van der Waals surface area (Å²) in [5.74, 6) is -0.608. The Hall–Kier alpha value is -1.30. The van der Waals surface area contributed by atoms with E-state index in [2.05, 4.69) is 5.32 Å². The first-order valence-corrected chi connectivity index (χ1v) is 7.35. The van der Waals surface area contributed by atoms with E-state index in [1.165, 1.54) is 4.90 Å². The maximum absolute atomic E-state index is 12.5. The van der Waals surface area contributed by atoms with Gasteiger partial charge in [0.2, 0.25) is 11.8 Å². The van der Waals surface area contributed by atoms with Gasteiger partial charge in [0.15, 0.2) is 0 Å². The molecule has 0 aromatic heterocycles. The summed E-state index contributed by atoms with van der Waals surface area (Å²) in [5, 5.41) is 12.6. The lowest BCUT2D eigenvalue weighted by Crippen LogP contribution is -2.42. The minimum Gasteiger partial charge on any atom is -0.387 e. The van der Waals surface area contributed by atoms with Crippen molar-refractivity contribution in [3.63, 3.8) is 0 Å². The zero-order valence-corrected chi connectivity index (χ0v) is 12.8. The van der Waals surface area contributed by atoms with Crippen molar-refractivity contribution in [2.45, 2.75) is 12.3 Å². The fourth-order valence-electron chi connectivity index (χ4n) is 3.32. The van der Waals surface area contributed by atoms with Gasteiger partial charge in [0.25, 0.3) is 0 Å². The number of amides is 2. The Bertz CT molecular complexity index is 649. The topological polar surface area (TPSA) is 69.6 Å². The molecule has 2 amide bonds. The zero-order valence-electron chi connectivity index (χ0n) is 11.3. The van der Waals surface area contributed by atoms with E-state index >= 15 is 0 Å². The third-order valence-electron chi connectivity index (χ3n) is 4.46. The number of rotatable bonds is 1. The molecular weight excluding hydrogens is 315 g/mol. The highest BCUT2D eigenvalue weighted by molar-refractivity contribution is 6.42. The number of aliphatic hydroxyl groups is 1. The van der Waals surface area contributed by atoms with Crippen molar-refractivity contribution in [2.75, 3.05) is 25.0 Å². The monoisotopic (exact) mass is 328 g/mol. The Labute approximate surface area is 131 Å². The molecule has 2 N–H and O–H groups in total. The molecule has 0 bridgehead atoms. The van der Waals surface area contributed by atoms with Gasteiger partial charge in [-0.25, -0.2) is 0 Å². The van der Waals surface area contributed by atoms with E-state index in [1.54, 1.807) is 12.1 Å². The van der Waals surface area contributed by atoms with Crippen molar-refractivity contribution in [3.05, 3.63) is 27.7 Å². The molecule has 3 rings (SSSR count). The van der Waals surface area contributed by atoms with Crippen LogP contribution in [0.25, 0.3) is 0 Å². The van der Waals surface area contributed by atoms with Crippen LogP contribution in [0.2, 0.25) is 10.0 Å². The maximum Gasteiger partial charge on any atom is 0.248 e. The van der Waals surface area contributed by atoms with Crippen molar-refractivity contribution in [3.8, 4) is 0 Å². The molecular formula is C14H14Cl2N2O3. The Kier molecular flexibility index (Phi) is 3.39. The van der Waals surface area contributed by atoms with E-state index in [9.17, 15) is 9.59 Å². The molecule has 0 radical (unpaired) electrons. The smallest absolute Gasteiger partial charge is 0.248 e. The number of likely N-dealkylation sites (tertiary alicyclic amines) is 1. The number of carbonyl (C=O) groups is 2. The van der Waals surface area contributed by atoms with Crippen LogP contribution in [0.3, 0.4) is 0 Å². The molecule has 5 nitrogen and oxygen atoms in total. The molecule has 7 heteroatoms. The second-order valence-corrected chi connectivity index (χ2v) is 6.39. The molecule has 1 aromatic carbocycles. The SMILES string of the molecule is C[C@H]1CN(C(=O)CO)CC12C(=O)Nc1cc(Cl)c(Cl)cc12. The standard InChI is InChI=1S/C14H14Cl2N2O3/c1-7-4-18(12(20)5-19)6-14(7)8-2-9(15)10(16)3-11(8)17-13(14)21/h2-3,7,19H,4-6H2,1H3,(H,17,21)/t7-,14?/m0/s1. The van der Waals surface area contributed by atoms with Gasteiger partial charge in [-0.2, -0.15) is 0 Å². The number of nitrogens with one attached hydrogen (secondary N) is 1. The number of nitrogens with zero attached hydrogens (tertiary/aromatic N) is 1. The maximum atomic E-state index is 12.5. The van der Waals surface area contributed by atoms with Gasteiger partial charge in [-0.05, 0) is 23.6 Å². The molecule has 112 valence electrons. The Morgan fingerprint density at radius 2 is 2.14 bits per heavy atom. The summed E-state index contributed by atoms with van der Waals surface area (Å²) in [5.41, 5.74) is 0.580. The Balaban J connectivity index is 2.09. The number of hydrogen-bond donors (Lipinski definition) is 2. The van der Waals surface area contributed by atoms with Crippen molar-refractivity contribution in [2.24, 2.45) is 5.92 Å². The third-order valence-corrected chi connectivity index (χ3v) is 5.18. The zero-order chi connectivity index (χ0) is 15.4. The van der Waals surface area contributed by atoms with Gasteiger partial charge < -0.3 is 15.3 Å². The number of anilines is 1. The average Bonchev–Trinajstić information content (AvgIpc) is 2.92. The first-order valence-electron chi connectivity index (χ1n) is 6.59. The lowest BCUT2D eigenvalue weighted by atomic mass is 9.74. The van der Waals surface area contributed by atoms with Gasteiger partial charge in [-0.1, -0.05) is 30.1 Å². The highest BCUT2D eigenvalue weighted by Crippen LogP contribution is 2.49. The third kappa shape index (κ3) is 1.95. The molecule has 2 aliphatic rings. The van der Waals surface area contributed by atoms with Crippen LogP contribution in [0.4, 0.5) is 5.69 Å². The molecule has 1 saturated heterocycles. The highest BCUT2D eigenvalue weighted by atomic mass is 35.5. The molecule has 0 saturated carbocycles. The number of carbonyl (C=O) groups excluding carboxylic acids is 2. The number of benzene rings is 1. The van der Waals surface area contributed by atoms with Crippen LogP contribution < -0.4 is 5.32 Å². The van der Waals surface area contributed by atoms with E-state index in [1.807, 2.05) is 6.92 Å². The van der Waals surface area contributed by atoms with Gasteiger partial charge in [-0.15, -0.1) is 0 Å². The minimum absolute atomic E-state index is 0.0773. The first-order chi connectivity index (χ1) is 9.90. The van der Waals surface area contributed by atoms with Crippen molar-refractivity contribution >= 4 is 40.7 Å². The summed E-state index contributed by atoms with van der Waals surface area (Å²) in [7, 11) is 0. The van der Waals surface area contributed by atoms with Gasteiger partial charge in [0.1, 0.15) is 6.61 Å². The van der Waals surface area contributed by atoms with Crippen LogP contribution in [0.1, 0.15) is 12.5 Å². The minimum atomic E-state index is -0.825. The van der Waals surface area contributed by atoms with Gasteiger partial charge in [0, 0.05) is 18.8 Å². The summed E-state index contributed by atoms with van der Waals surface area (Å²) in [4.78, 5) is 25.8. The summed E-state index contributed by atoms with van der Waals surface area (Å²) >= 11 is 12.1. The van der Waals surface area contributed by atoms with E-state index in [0.717, 1.165) is 5.56 Å².